The highest BCUT2D eigenvalue weighted by Gasteiger charge is 2.32. The van der Waals surface area contributed by atoms with Gasteiger partial charge in [-0.05, 0) is 49.4 Å². The molecule has 5 rings (SSSR count). The number of carbonyl (C=O) groups excluding carboxylic acids is 3. The predicted octanol–water partition coefficient (Wildman–Crippen LogP) is 4.44. The van der Waals surface area contributed by atoms with Crippen LogP contribution in [0.1, 0.15) is 28.2 Å². The zero-order valence-electron chi connectivity index (χ0n) is 17.0. The maximum Gasteiger partial charge on any atom is 0.265 e. The highest BCUT2D eigenvalue weighted by atomic mass is 32.1. The van der Waals surface area contributed by atoms with Crippen LogP contribution in [0.25, 0.3) is 15.9 Å². The van der Waals surface area contributed by atoms with E-state index in [9.17, 15) is 18.8 Å². The highest BCUT2D eigenvalue weighted by molar-refractivity contribution is 7.20. The van der Waals surface area contributed by atoms with Crippen LogP contribution in [0.3, 0.4) is 0 Å². The van der Waals surface area contributed by atoms with E-state index in [1.807, 2.05) is 6.92 Å². The lowest BCUT2D eigenvalue weighted by atomic mass is 10.2. The van der Waals surface area contributed by atoms with Gasteiger partial charge in [-0.3, -0.25) is 14.4 Å². The first kappa shape index (κ1) is 20.1. The van der Waals surface area contributed by atoms with E-state index in [4.69, 9.17) is 0 Å². The van der Waals surface area contributed by atoms with Crippen molar-refractivity contribution in [2.45, 2.75) is 19.8 Å². The zero-order valence-corrected chi connectivity index (χ0v) is 17.8. The lowest BCUT2D eigenvalue weighted by molar-refractivity contribution is -0.121. The normalized spacial score (nSPS) is 13.9. The number of aryl methyl sites for hydroxylation is 1. The molecule has 160 valence electrons. The van der Waals surface area contributed by atoms with Crippen LogP contribution in [0.4, 0.5) is 15.8 Å². The van der Waals surface area contributed by atoms with Crippen LogP contribution in [0.2, 0.25) is 0 Å². The van der Waals surface area contributed by atoms with Crippen LogP contribution in [-0.4, -0.2) is 27.5 Å². The Kier molecular flexibility index (Phi) is 4.82. The Morgan fingerprint density at radius 1 is 1.06 bits per heavy atom. The van der Waals surface area contributed by atoms with E-state index in [0.717, 1.165) is 20.8 Å². The van der Waals surface area contributed by atoms with Crippen LogP contribution in [-0.2, 0) is 9.59 Å². The molecule has 7 nitrogen and oxygen atoms in total. The molecule has 0 aliphatic carbocycles. The maximum atomic E-state index is 13.3. The lowest BCUT2D eigenvalue weighted by Crippen LogP contribution is -2.29. The summed E-state index contributed by atoms with van der Waals surface area (Å²) in [5.74, 6) is -1.27. The van der Waals surface area contributed by atoms with Gasteiger partial charge in [0.05, 0.1) is 27.6 Å². The van der Waals surface area contributed by atoms with Crippen LogP contribution in [0.15, 0.2) is 54.6 Å². The summed E-state index contributed by atoms with van der Waals surface area (Å²) in [4.78, 5) is 39.7. The van der Waals surface area contributed by atoms with Crippen molar-refractivity contribution in [1.82, 2.24) is 9.78 Å². The van der Waals surface area contributed by atoms with E-state index >= 15 is 0 Å². The van der Waals surface area contributed by atoms with Gasteiger partial charge in [0.1, 0.15) is 10.6 Å². The van der Waals surface area contributed by atoms with Gasteiger partial charge >= 0.3 is 0 Å². The minimum absolute atomic E-state index is 0.163. The number of halogens is 1. The van der Waals surface area contributed by atoms with Crippen molar-refractivity contribution in [2.24, 2.45) is 0 Å². The van der Waals surface area contributed by atoms with Crippen molar-refractivity contribution in [3.05, 3.63) is 71.0 Å². The number of hydrogen-bond acceptors (Lipinski definition) is 5. The molecule has 1 N–H and O–H groups in total. The van der Waals surface area contributed by atoms with Gasteiger partial charge < -0.3 is 5.32 Å². The number of imide groups is 1. The van der Waals surface area contributed by atoms with Gasteiger partial charge in [0.2, 0.25) is 11.8 Å². The Hall–Kier alpha value is -3.85. The number of carbonyl (C=O) groups is 3. The fraction of sp³-hybridized carbons (Fsp3) is 0.130. The lowest BCUT2D eigenvalue weighted by Gasteiger charge is -2.18. The first-order valence-electron chi connectivity index (χ1n) is 9.93. The molecule has 3 amide bonds. The quantitative estimate of drug-likeness (QED) is 0.468. The summed E-state index contributed by atoms with van der Waals surface area (Å²) in [7, 11) is 0. The third kappa shape index (κ3) is 3.36. The number of amides is 3. The second-order valence-corrected chi connectivity index (χ2v) is 8.43. The number of hydrogen-bond donors (Lipinski definition) is 1. The molecule has 1 saturated heterocycles. The molecule has 0 spiro atoms. The summed E-state index contributed by atoms with van der Waals surface area (Å²) < 4.78 is 15.0. The van der Waals surface area contributed by atoms with Gasteiger partial charge in [0, 0.05) is 18.2 Å². The molecule has 0 bridgehead atoms. The molecule has 0 saturated carbocycles. The van der Waals surface area contributed by atoms with E-state index in [1.165, 1.54) is 23.5 Å². The number of fused-ring (bicyclic) bond motifs is 1. The van der Waals surface area contributed by atoms with Gasteiger partial charge in [0.15, 0.2) is 0 Å². The molecule has 1 fully saturated rings. The number of aromatic nitrogens is 2. The summed E-state index contributed by atoms with van der Waals surface area (Å²) in [6.45, 7) is 1.84. The highest BCUT2D eigenvalue weighted by Crippen LogP contribution is 2.33. The second kappa shape index (κ2) is 7.69. The van der Waals surface area contributed by atoms with Crippen molar-refractivity contribution in [3.8, 4) is 5.69 Å². The van der Waals surface area contributed by atoms with Crippen molar-refractivity contribution in [3.63, 3.8) is 0 Å². The topological polar surface area (TPSA) is 84.3 Å². The minimum Gasteiger partial charge on any atom is -0.319 e. The Bertz CT molecular complexity index is 1370. The third-order valence-corrected chi connectivity index (χ3v) is 6.39. The van der Waals surface area contributed by atoms with Gasteiger partial charge in [-0.15, -0.1) is 11.3 Å². The van der Waals surface area contributed by atoms with Crippen molar-refractivity contribution in [2.75, 3.05) is 10.2 Å². The second-order valence-electron chi connectivity index (χ2n) is 7.40. The standard InChI is InChI=1S/C23H17FN4O3S/c1-13-16-12-19(32-23(16)28(26-13)15-8-6-14(24)7-9-15)22(31)25-17-4-2-3-5-18(17)27-20(29)10-11-21(27)30/h2-9,12H,10-11H2,1H3,(H,25,31). The minimum atomic E-state index is -0.359. The van der Waals surface area contributed by atoms with E-state index < -0.39 is 0 Å². The predicted molar refractivity (Wildman–Crippen MR) is 120 cm³/mol. The molecule has 0 unspecified atom stereocenters. The van der Waals surface area contributed by atoms with Gasteiger partial charge in [-0.1, -0.05) is 12.1 Å². The third-order valence-electron chi connectivity index (χ3n) is 5.28. The van der Waals surface area contributed by atoms with E-state index in [-0.39, 0.29) is 36.4 Å². The SMILES string of the molecule is Cc1nn(-c2ccc(F)cc2)c2sc(C(=O)Nc3ccccc3N3C(=O)CCC3=O)cc12. The largest absolute Gasteiger partial charge is 0.319 e. The molecule has 1 aliphatic rings. The Balaban J connectivity index is 1.48. The van der Waals surface area contributed by atoms with Gasteiger partial charge in [-0.25, -0.2) is 14.0 Å². The number of para-hydroxylation sites is 2. The average molecular weight is 448 g/mol. The molecule has 4 aromatic rings. The molecule has 9 heteroatoms. The fourth-order valence-corrected chi connectivity index (χ4v) is 4.80. The fourth-order valence-electron chi connectivity index (χ4n) is 3.72. The van der Waals surface area contributed by atoms with Crippen molar-refractivity contribution < 1.29 is 18.8 Å². The molecular weight excluding hydrogens is 431 g/mol. The first-order chi connectivity index (χ1) is 15.4. The number of anilines is 2. The Morgan fingerprint density at radius 3 is 2.47 bits per heavy atom. The summed E-state index contributed by atoms with van der Waals surface area (Å²) in [6.07, 6.45) is 0.327. The van der Waals surface area contributed by atoms with Crippen LogP contribution < -0.4 is 10.2 Å². The first-order valence-corrected chi connectivity index (χ1v) is 10.8. The summed E-state index contributed by atoms with van der Waals surface area (Å²) in [6, 6.07) is 14.5. The Morgan fingerprint density at radius 2 is 1.75 bits per heavy atom. The van der Waals surface area contributed by atoms with Crippen LogP contribution in [0.5, 0.6) is 0 Å². The van der Waals surface area contributed by atoms with Crippen molar-refractivity contribution in [1.29, 1.82) is 0 Å². The molecule has 0 atom stereocenters. The van der Waals surface area contributed by atoms with E-state index in [2.05, 4.69) is 10.4 Å². The number of rotatable bonds is 4. The summed E-state index contributed by atoms with van der Waals surface area (Å²) >= 11 is 1.26. The van der Waals surface area contributed by atoms with Crippen LogP contribution in [0, 0.1) is 12.7 Å². The Labute approximate surface area is 186 Å². The van der Waals surface area contributed by atoms with Crippen LogP contribution >= 0.6 is 11.3 Å². The molecule has 2 aromatic carbocycles. The number of nitrogens with one attached hydrogen (secondary N) is 1. The summed E-state index contributed by atoms with van der Waals surface area (Å²) in [5.41, 5.74) is 2.18. The maximum absolute atomic E-state index is 13.3. The number of nitrogens with zero attached hydrogens (tertiary/aromatic N) is 3. The molecule has 3 heterocycles. The smallest absolute Gasteiger partial charge is 0.265 e. The monoisotopic (exact) mass is 448 g/mol. The number of benzene rings is 2. The molecule has 32 heavy (non-hydrogen) atoms. The summed E-state index contributed by atoms with van der Waals surface area (Å²) in [5, 5.41) is 8.16. The average Bonchev–Trinajstić information content (AvgIpc) is 3.45. The van der Waals surface area contributed by atoms with E-state index in [1.54, 1.807) is 47.1 Å². The number of thiophene rings is 1. The molecule has 2 aromatic heterocycles. The molecule has 1 aliphatic heterocycles. The van der Waals surface area contributed by atoms with Gasteiger partial charge in [-0.2, -0.15) is 5.10 Å². The zero-order chi connectivity index (χ0) is 22.4. The molecular formula is C23H17FN4O3S. The van der Waals surface area contributed by atoms with Crippen molar-refractivity contribution >= 4 is 50.6 Å². The van der Waals surface area contributed by atoms with Gasteiger partial charge in [0.25, 0.3) is 5.91 Å². The van der Waals surface area contributed by atoms with E-state index in [0.29, 0.717) is 21.9 Å². The molecule has 0 radical (unpaired) electrons.